The van der Waals surface area contributed by atoms with Gasteiger partial charge in [0.2, 0.25) is 0 Å². The van der Waals surface area contributed by atoms with E-state index < -0.39 is 0 Å². The van der Waals surface area contributed by atoms with Crippen LogP contribution in [0, 0.1) is 12.3 Å². The SMILES string of the molecule is Cc1cn2c3c4c(cc(CC(C)(C)C)c13)N(C(C)C)CN4c1ccccc1-2. The maximum absolute atomic E-state index is 2.55. The molecule has 0 spiro atoms. The largest absolute Gasteiger partial charge is 0.349 e. The number of hydrogen-bond acceptors (Lipinski definition) is 2. The summed E-state index contributed by atoms with van der Waals surface area (Å²) in [5, 5.41) is 1.45. The average molecular weight is 360 g/mol. The number of anilines is 3. The molecule has 0 bridgehead atoms. The van der Waals surface area contributed by atoms with Crippen LogP contribution < -0.4 is 9.80 Å². The van der Waals surface area contributed by atoms with E-state index in [1.54, 1.807) is 0 Å². The van der Waals surface area contributed by atoms with Gasteiger partial charge < -0.3 is 14.4 Å². The molecule has 0 radical (unpaired) electrons. The minimum absolute atomic E-state index is 0.263. The van der Waals surface area contributed by atoms with Crippen LogP contribution in [0.1, 0.15) is 45.7 Å². The standard InChI is InChI=1S/C24H29N3/c1-15(2)26-14-27-19-10-8-7-9-18(19)25-13-16(3)21-17(12-24(4,5)6)11-20(26)22(27)23(21)25/h7-11,13,15H,12,14H2,1-6H3. The van der Waals surface area contributed by atoms with Crippen molar-refractivity contribution in [3.63, 3.8) is 0 Å². The monoisotopic (exact) mass is 359 g/mol. The summed E-state index contributed by atoms with van der Waals surface area (Å²) in [6.45, 7) is 14.8. The summed E-state index contributed by atoms with van der Waals surface area (Å²) in [5.41, 5.74) is 9.92. The molecule has 0 atom stereocenters. The van der Waals surface area contributed by atoms with Gasteiger partial charge in [0.05, 0.1) is 34.9 Å². The Kier molecular flexibility index (Phi) is 3.29. The molecule has 2 aliphatic heterocycles. The van der Waals surface area contributed by atoms with Crippen molar-refractivity contribution in [3.8, 4) is 5.69 Å². The molecule has 0 saturated carbocycles. The van der Waals surface area contributed by atoms with Gasteiger partial charge in [-0.3, -0.25) is 0 Å². The van der Waals surface area contributed by atoms with Crippen LogP contribution in [0.25, 0.3) is 16.6 Å². The molecule has 140 valence electrons. The summed E-state index contributed by atoms with van der Waals surface area (Å²) >= 11 is 0. The molecule has 0 aliphatic carbocycles. The summed E-state index contributed by atoms with van der Waals surface area (Å²) in [6, 6.07) is 11.8. The van der Waals surface area contributed by atoms with E-state index in [1.807, 2.05) is 0 Å². The molecular formula is C24H29N3. The molecule has 0 N–H and O–H groups in total. The summed E-state index contributed by atoms with van der Waals surface area (Å²) in [6.07, 6.45) is 3.43. The van der Waals surface area contributed by atoms with E-state index in [0.29, 0.717) is 6.04 Å². The smallest absolute Gasteiger partial charge is 0.0957 e. The van der Waals surface area contributed by atoms with Crippen molar-refractivity contribution in [2.45, 2.75) is 54.0 Å². The van der Waals surface area contributed by atoms with Crippen molar-refractivity contribution in [3.05, 3.63) is 47.7 Å². The second-order valence-electron chi connectivity index (χ2n) is 9.67. The van der Waals surface area contributed by atoms with Gasteiger partial charge in [0.1, 0.15) is 0 Å². The van der Waals surface area contributed by atoms with E-state index in [9.17, 15) is 0 Å². The van der Waals surface area contributed by atoms with Crippen LogP contribution in [-0.2, 0) is 6.42 Å². The number of nitrogens with zero attached hydrogens (tertiary/aromatic N) is 3. The first kappa shape index (κ1) is 16.7. The highest BCUT2D eigenvalue weighted by Gasteiger charge is 2.37. The third kappa shape index (κ3) is 2.27. The fourth-order valence-electron chi connectivity index (χ4n) is 4.91. The van der Waals surface area contributed by atoms with Crippen molar-refractivity contribution in [2.75, 3.05) is 16.5 Å². The molecule has 27 heavy (non-hydrogen) atoms. The Balaban J connectivity index is 1.90. The first-order valence-electron chi connectivity index (χ1n) is 10.1. The molecule has 3 heterocycles. The fraction of sp³-hybridized carbons (Fsp3) is 0.417. The van der Waals surface area contributed by atoms with Gasteiger partial charge in [-0.1, -0.05) is 32.9 Å². The Morgan fingerprint density at radius 2 is 1.74 bits per heavy atom. The van der Waals surface area contributed by atoms with E-state index in [1.165, 1.54) is 44.8 Å². The zero-order chi connectivity index (χ0) is 19.1. The van der Waals surface area contributed by atoms with Crippen molar-refractivity contribution < 1.29 is 0 Å². The lowest BCUT2D eigenvalue weighted by molar-refractivity contribution is 0.412. The number of fused-ring (bicyclic) bond motifs is 3. The van der Waals surface area contributed by atoms with Crippen molar-refractivity contribution >= 4 is 28.0 Å². The number of rotatable bonds is 2. The third-order valence-corrected chi connectivity index (χ3v) is 5.94. The minimum Gasteiger partial charge on any atom is -0.349 e. The molecule has 2 aliphatic rings. The lowest BCUT2D eigenvalue weighted by Crippen LogP contribution is -2.34. The van der Waals surface area contributed by atoms with Crippen LogP contribution in [0.5, 0.6) is 0 Å². The van der Waals surface area contributed by atoms with Crippen LogP contribution >= 0.6 is 0 Å². The zero-order valence-corrected chi connectivity index (χ0v) is 17.3. The van der Waals surface area contributed by atoms with Gasteiger partial charge in [-0.2, -0.15) is 0 Å². The van der Waals surface area contributed by atoms with Crippen LogP contribution in [-0.4, -0.2) is 17.3 Å². The van der Waals surface area contributed by atoms with E-state index in [2.05, 4.69) is 92.4 Å². The summed E-state index contributed by atoms with van der Waals surface area (Å²) in [4.78, 5) is 5.07. The second-order valence-corrected chi connectivity index (χ2v) is 9.67. The number of hydrogen-bond donors (Lipinski definition) is 0. The van der Waals surface area contributed by atoms with Crippen LogP contribution in [0.4, 0.5) is 17.1 Å². The Labute approximate surface area is 162 Å². The predicted molar refractivity (Wildman–Crippen MR) is 116 cm³/mol. The van der Waals surface area contributed by atoms with E-state index >= 15 is 0 Å². The number of aryl methyl sites for hydroxylation is 1. The summed E-state index contributed by atoms with van der Waals surface area (Å²) in [7, 11) is 0. The van der Waals surface area contributed by atoms with Crippen molar-refractivity contribution in [1.29, 1.82) is 0 Å². The summed E-state index contributed by atoms with van der Waals surface area (Å²) in [5.74, 6) is 0. The Bertz CT molecular complexity index is 1070. The number of benzene rings is 2. The zero-order valence-electron chi connectivity index (χ0n) is 17.3. The molecule has 0 amide bonds. The first-order valence-corrected chi connectivity index (χ1v) is 10.1. The van der Waals surface area contributed by atoms with Crippen molar-refractivity contribution in [2.24, 2.45) is 5.41 Å². The normalized spacial score (nSPS) is 15.2. The molecule has 0 unspecified atom stereocenters. The van der Waals surface area contributed by atoms with Crippen LogP contribution in [0.2, 0.25) is 0 Å². The van der Waals surface area contributed by atoms with E-state index in [0.717, 1.165) is 13.1 Å². The van der Waals surface area contributed by atoms with Gasteiger partial charge in [0.15, 0.2) is 0 Å². The third-order valence-electron chi connectivity index (χ3n) is 5.94. The lowest BCUT2D eigenvalue weighted by Gasteiger charge is -2.29. The molecule has 0 fully saturated rings. The van der Waals surface area contributed by atoms with Crippen LogP contribution in [0.15, 0.2) is 36.5 Å². The lowest BCUT2D eigenvalue weighted by atomic mass is 9.85. The van der Waals surface area contributed by atoms with Gasteiger partial charge in [-0.05, 0) is 61.9 Å². The highest BCUT2D eigenvalue weighted by molar-refractivity contribution is 6.09. The molecule has 5 rings (SSSR count). The van der Waals surface area contributed by atoms with E-state index in [-0.39, 0.29) is 5.41 Å². The maximum Gasteiger partial charge on any atom is 0.0957 e. The molecule has 0 saturated heterocycles. The highest BCUT2D eigenvalue weighted by Crippen LogP contribution is 2.53. The quantitative estimate of drug-likeness (QED) is 0.542. The molecule has 1 aromatic heterocycles. The van der Waals surface area contributed by atoms with Gasteiger partial charge in [-0.15, -0.1) is 0 Å². The topological polar surface area (TPSA) is 11.4 Å². The molecular weight excluding hydrogens is 330 g/mol. The number of para-hydroxylation sites is 2. The van der Waals surface area contributed by atoms with Gasteiger partial charge in [0, 0.05) is 17.6 Å². The molecule has 3 aromatic rings. The Morgan fingerprint density at radius 3 is 2.41 bits per heavy atom. The second kappa shape index (κ2) is 5.31. The van der Waals surface area contributed by atoms with Crippen LogP contribution in [0.3, 0.4) is 0 Å². The average Bonchev–Trinajstić information content (AvgIpc) is 3.12. The molecule has 3 heteroatoms. The van der Waals surface area contributed by atoms with Gasteiger partial charge in [-0.25, -0.2) is 0 Å². The first-order chi connectivity index (χ1) is 12.8. The van der Waals surface area contributed by atoms with Gasteiger partial charge >= 0.3 is 0 Å². The number of aromatic nitrogens is 1. The summed E-state index contributed by atoms with van der Waals surface area (Å²) < 4.78 is 2.44. The molecule has 2 aromatic carbocycles. The van der Waals surface area contributed by atoms with E-state index in [4.69, 9.17) is 0 Å². The Hall–Kier alpha value is -2.42. The maximum atomic E-state index is 2.55. The van der Waals surface area contributed by atoms with Crippen molar-refractivity contribution in [1.82, 2.24) is 4.57 Å². The fourth-order valence-corrected chi connectivity index (χ4v) is 4.91. The van der Waals surface area contributed by atoms with Gasteiger partial charge in [0.25, 0.3) is 0 Å². The Morgan fingerprint density at radius 1 is 1.04 bits per heavy atom. The predicted octanol–water partition coefficient (Wildman–Crippen LogP) is 6.16. The minimum atomic E-state index is 0.263. The highest BCUT2D eigenvalue weighted by atomic mass is 15.4. The molecule has 3 nitrogen and oxygen atoms in total.